The van der Waals surface area contributed by atoms with Gasteiger partial charge in [0.25, 0.3) is 17.4 Å². The van der Waals surface area contributed by atoms with Crippen LogP contribution in [0.4, 0.5) is 5.69 Å². The van der Waals surface area contributed by atoms with Gasteiger partial charge >= 0.3 is 0 Å². The molecule has 0 bridgehead atoms. The third kappa shape index (κ3) is 6.16. The average molecular weight is 494 g/mol. The number of unbranched alkanes of at least 4 members (excludes halogenated alkanes) is 1. The molecule has 12 heteroatoms. The Morgan fingerprint density at radius 3 is 2.42 bits per heavy atom. The molecule has 3 amide bonds. The maximum Gasteiger partial charge on any atom is 0.270 e. The number of anilines is 1. The van der Waals surface area contributed by atoms with Crippen LogP contribution in [0.1, 0.15) is 43.5 Å². The maximum atomic E-state index is 13.2. The van der Waals surface area contributed by atoms with Crippen LogP contribution in [0.15, 0.2) is 54.0 Å². The van der Waals surface area contributed by atoms with E-state index < -0.39 is 29.3 Å². The van der Waals surface area contributed by atoms with E-state index in [2.05, 4.69) is 20.3 Å². The van der Waals surface area contributed by atoms with Gasteiger partial charge in [0.1, 0.15) is 23.8 Å². The van der Waals surface area contributed by atoms with Crippen molar-refractivity contribution in [2.45, 2.75) is 39.2 Å². The van der Waals surface area contributed by atoms with Gasteiger partial charge in [-0.15, -0.1) is 0 Å². The molecule has 2 heterocycles. The van der Waals surface area contributed by atoms with Crippen LogP contribution < -0.4 is 21.5 Å². The molecule has 0 saturated heterocycles. The highest BCUT2D eigenvalue weighted by Gasteiger charge is 2.28. The minimum absolute atomic E-state index is 0.152. The van der Waals surface area contributed by atoms with Crippen LogP contribution in [0.25, 0.3) is 11.4 Å². The minimum Gasteiger partial charge on any atom is -0.345 e. The number of imide groups is 1. The molecule has 0 aliphatic rings. The van der Waals surface area contributed by atoms with E-state index in [0.29, 0.717) is 37.1 Å². The number of aromatic amines is 1. The Morgan fingerprint density at radius 2 is 1.86 bits per heavy atom. The summed E-state index contributed by atoms with van der Waals surface area (Å²) in [6.07, 6.45) is 6.92. The first kappa shape index (κ1) is 26.2. The van der Waals surface area contributed by atoms with E-state index >= 15 is 0 Å². The summed E-state index contributed by atoms with van der Waals surface area (Å²) >= 11 is 0. The van der Waals surface area contributed by atoms with Gasteiger partial charge in [0.05, 0.1) is 5.69 Å². The third-order valence-electron chi connectivity index (χ3n) is 5.33. The van der Waals surface area contributed by atoms with Crippen molar-refractivity contribution in [2.24, 2.45) is 5.73 Å². The number of hydrogen-bond donors (Lipinski definition) is 3. The number of imidazole rings is 1. The number of aromatic nitrogens is 4. The topological polar surface area (TPSA) is 173 Å². The Hall–Kier alpha value is -4.45. The summed E-state index contributed by atoms with van der Waals surface area (Å²) in [7, 11) is 0. The van der Waals surface area contributed by atoms with Crippen molar-refractivity contribution in [3.05, 3.63) is 65.1 Å². The molecule has 36 heavy (non-hydrogen) atoms. The molecule has 1 atom stereocenters. The normalized spacial score (nSPS) is 11.5. The van der Waals surface area contributed by atoms with Gasteiger partial charge in [-0.1, -0.05) is 0 Å². The van der Waals surface area contributed by atoms with Gasteiger partial charge in [-0.3, -0.25) is 28.5 Å². The lowest BCUT2D eigenvalue weighted by Crippen LogP contribution is -2.50. The Morgan fingerprint density at radius 1 is 1.14 bits per heavy atom. The molecular weight excluding hydrogens is 466 g/mol. The number of carbonyl (C=O) groups excluding carboxylic acids is 4. The van der Waals surface area contributed by atoms with E-state index in [1.807, 2.05) is 0 Å². The van der Waals surface area contributed by atoms with Crippen LogP contribution in [0.5, 0.6) is 0 Å². The summed E-state index contributed by atoms with van der Waals surface area (Å²) in [6, 6.07) is 5.34. The fourth-order valence-corrected chi connectivity index (χ4v) is 3.60. The zero-order valence-corrected chi connectivity index (χ0v) is 19.9. The van der Waals surface area contributed by atoms with Gasteiger partial charge in [-0.2, -0.15) is 0 Å². The summed E-state index contributed by atoms with van der Waals surface area (Å²) in [6.45, 7) is 3.01. The highest BCUT2D eigenvalue weighted by molar-refractivity contribution is 6.16. The molecular formula is C24H27N7O5. The van der Waals surface area contributed by atoms with E-state index in [0.717, 1.165) is 4.90 Å². The minimum atomic E-state index is -0.878. The fraction of sp³-hybridized carbons (Fsp3) is 0.292. The average Bonchev–Trinajstić information content (AvgIpc) is 3.38. The molecule has 0 radical (unpaired) electrons. The summed E-state index contributed by atoms with van der Waals surface area (Å²) in [5.41, 5.74) is 5.53. The van der Waals surface area contributed by atoms with Crippen molar-refractivity contribution < 1.29 is 19.2 Å². The van der Waals surface area contributed by atoms with Gasteiger partial charge < -0.3 is 16.0 Å². The summed E-state index contributed by atoms with van der Waals surface area (Å²) in [4.78, 5) is 73.6. The van der Waals surface area contributed by atoms with Crippen molar-refractivity contribution in [2.75, 3.05) is 11.4 Å². The van der Waals surface area contributed by atoms with Crippen LogP contribution in [-0.2, 0) is 14.4 Å². The standard InChI is InChI=1S/C24H27N7O5/c1-15(32)28-20(5-3-4-10-25)24(36)31(16(2)33)18-8-6-17(7-9-18)21-27-13-19(22(34)29-21)23(35)30-12-11-26-14-30/h6-9,11-14,20H,3-5,10,25H2,1-2H3,(H,28,32)(H,27,29,34). The first-order valence-corrected chi connectivity index (χ1v) is 11.3. The van der Waals surface area contributed by atoms with Gasteiger partial charge in [-0.05, 0) is 50.1 Å². The molecule has 0 saturated carbocycles. The van der Waals surface area contributed by atoms with Crippen molar-refractivity contribution in [1.82, 2.24) is 24.8 Å². The van der Waals surface area contributed by atoms with Crippen molar-refractivity contribution in [3.8, 4) is 11.4 Å². The van der Waals surface area contributed by atoms with Crippen LogP contribution in [0.2, 0.25) is 0 Å². The Labute approximate surface area is 206 Å². The largest absolute Gasteiger partial charge is 0.345 e. The Kier molecular flexibility index (Phi) is 8.57. The highest BCUT2D eigenvalue weighted by atomic mass is 16.2. The van der Waals surface area contributed by atoms with Crippen LogP contribution in [-0.4, -0.2) is 55.7 Å². The SMILES string of the molecule is CC(=O)NC(CCCCN)C(=O)N(C(C)=O)c1ccc(-c2ncc(C(=O)n3ccnc3)c(=O)[nH]2)cc1. The first-order chi connectivity index (χ1) is 17.2. The van der Waals surface area contributed by atoms with Gasteiger partial charge in [0, 0.05) is 38.0 Å². The number of nitrogens with two attached hydrogens (primary N) is 1. The molecule has 0 spiro atoms. The van der Waals surface area contributed by atoms with Gasteiger partial charge in [0.2, 0.25) is 11.8 Å². The maximum absolute atomic E-state index is 13.2. The predicted octanol–water partition coefficient (Wildman–Crippen LogP) is 0.835. The van der Waals surface area contributed by atoms with Crippen molar-refractivity contribution in [3.63, 3.8) is 0 Å². The van der Waals surface area contributed by atoms with Gasteiger partial charge in [-0.25, -0.2) is 14.9 Å². The molecule has 3 rings (SSSR count). The van der Waals surface area contributed by atoms with Crippen molar-refractivity contribution in [1.29, 1.82) is 0 Å². The lowest BCUT2D eigenvalue weighted by Gasteiger charge is -2.25. The van der Waals surface area contributed by atoms with Gasteiger partial charge in [0.15, 0.2) is 0 Å². The van der Waals surface area contributed by atoms with Crippen LogP contribution in [0.3, 0.4) is 0 Å². The molecule has 2 aromatic heterocycles. The predicted molar refractivity (Wildman–Crippen MR) is 131 cm³/mol. The molecule has 1 aromatic carbocycles. The number of nitrogens with zero attached hydrogens (tertiary/aromatic N) is 4. The van der Waals surface area contributed by atoms with Crippen LogP contribution in [0, 0.1) is 0 Å². The highest BCUT2D eigenvalue weighted by Crippen LogP contribution is 2.22. The van der Waals surface area contributed by atoms with E-state index in [9.17, 15) is 24.0 Å². The molecule has 0 fully saturated rings. The van der Waals surface area contributed by atoms with Crippen LogP contribution >= 0.6 is 0 Å². The quantitative estimate of drug-likeness (QED) is 0.368. The number of carbonyl (C=O) groups is 4. The molecule has 0 aliphatic heterocycles. The second-order valence-electron chi connectivity index (χ2n) is 8.03. The molecule has 1 unspecified atom stereocenters. The molecule has 4 N–H and O–H groups in total. The van der Waals surface area contributed by atoms with E-state index in [4.69, 9.17) is 5.73 Å². The molecule has 3 aromatic rings. The second kappa shape index (κ2) is 11.8. The Bertz CT molecular complexity index is 1300. The monoisotopic (exact) mass is 493 g/mol. The van der Waals surface area contributed by atoms with E-state index in [-0.39, 0.29) is 17.3 Å². The summed E-state index contributed by atoms with van der Waals surface area (Å²) in [5, 5.41) is 2.61. The van der Waals surface area contributed by atoms with Crippen molar-refractivity contribution >= 4 is 29.3 Å². The zero-order valence-electron chi connectivity index (χ0n) is 19.9. The van der Waals surface area contributed by atoms with E-state index in [1.54, 1.807) is 12.1 Å². The number of H-pyrrole nitrogens is 1. The zero-order chi connectivity index (χ0) is 26.2. The smallest absolute Gasteiger partial charge is 0.270 e. The molecule has 0 aliphatic carbocycles. The van der Waals surface area contributed by atoms with E-state index in [1.165, 1.54) is 55.5 Å². The fourth-order valence-electron chi connectivity index (χ4n) is 3.60. The molecule has 188 valence electrons. The third-order valence-corrected chi connectivity index (χ3v) is 5.33. The summed E-state index contributed by atoms with van der Waals surface area (Å²) < 4.78 is 1.17. The first-order valence-electron chi connectivity index (χ1n) is 11.3. The number of nitrogens with one attached hydrogen (secondary N) is 2. The number of rotatable bonds is 9. The number of benzene rings is 1. The number of amides is 3. The lowest BCUT2D eigenvalue weighted by atomic mass is 10.1. The number of hydrogen-bond acceptors (Lipinski definition) is 8. The Balaban J connectivity index is 1.84. The second-order valence-corrected chi connectivity index (χ2v) is 8.03. The molecule has 12 nitrogen and oxygen atoms in total. The summed E-state index contributed by atoms with van der Waals surface area (Å²) in [5.74, 6) is -1.83. The lowest BCUT2D eigenvalue weighted by molar-refractivity contribution is -0.130.